The van der Waals surface area contributed by atoms with Crippen LogP contribution < -0.4 is 0 Å². The monoisotopic (exact) mass is 260 g/mol. The van der Waals surface area contributed by atoms with Crippen molar-refractivity contribution < 1.29 is 9.53 Å². The van der Waals surface area contributed by atoms with E-state index < -0.39 is 0 Å². The average Bonchev–Trinajstić information content (AvgIpc) is 2.44. The number of hydrogen-bond acceptors (Lipinski definition) is 3. The quantitative estimate of drug-likeness (QED) is 0.789. The Balaban J connectivity index is 2.94. The number of nitrogens with zero attached hydrogens (tertiary/aromatic N) is 2. The summed E-state index contributed by atoms with van der Waals surface area (Å²) in [5, 5.41) is 8.86. The van der Waals surface area contributed by atoms with Crippen LogP contribution in [0.4, 0.5) is 0 Å². The first kappa shape index (κ1) is 15.2. The van der Waals surface area contributed by atoms with E-state index in [1.54, 1.807) is 18.1 Å². The molecule has 0 heterocycles. The number of hydrogen-bond donors (Lipinski definition) is 0. The summed E-state index contributed by atoms with van der Waals surface area (Å²) in [5.74, 6) is -0.212. The van der Waals surface area contributed by atoms with E-state index >= 15 is 0 Å². The molecule has 0 N–H and O–H groups in total. The molecule has 1 rings (SSSR count). The molecule has 102 valence electrons. The van der Waals surface area contributed by atoms with Gasteiger partial charge >= 0.3 is 0 Å². The Morgan fingerprint density at radius 2 is 2.16 bits per heavy atom. The summed E-state index contributed by atoms with van der Waals surface area (Å²) in [6, 6.07) is 9.58. The fourth-order valence-electron chi connectivity index (χ4n) is 1.91. The van der Waals surface area contributed by atoms with Gasteiger partial charge in [-0.25, -0.2) is 0 Å². The summed E-state index contributed by atoms with van der Waals surface area (Å²) in [7, 11) is 1.61. The predicted molar refractivity (Wildman–Crippen MR) is 73.5 cm³/mol. The standard InChI is InChI=1S/C15H20N2O2/c1-4-17(10-12(2)9-16)15(18)14-8-6-5-7-13(14)11-19-3/h5-8,12H,4,10-11H2,1-3H3/t12-/m0/s1. The van der Waals surface area contributed by atoms with Gasteiger partial charge in [0.1, 0.15) is 0 Å². The molecule has 0 spiro atoms. The van der Waals surface area contributed by atoms with Crippen molar-refractivity contribution in [2.24, 2.45) is 5.92 Å². The van der Waals surface area contributed by atoms with Gasteiger partial charge in [-0.05, 0) is 25.5 Å². The van der Waals surface area contributed by atoms with Gasteiger partial charge in [0.15, 0.2) is 0 Å². The third-order valence-electron chi connectivity index (χ3n) is 2.93. The maximum atomic E-state index is 12.5. The van der Waals surface area contributed by atoms with Gasteiger partial charge < -0.3 is 9.64 Å². The van der Waals surface area contributed by atoms with Crippen LogP contribution in [0.1, 0.15) is 29.8 Å². The maximum absolute atomic E-state index is 12.5. The first-order valence-electron chi connectivity index (χ1n) is 6.39. The third-order valence-corrected chi connectivity index (χ3v) is 2.93. The summed E-state index contributed by atoms with van der Waals surface area (Å²) >= 11 is 0. The Labute approximate surface area is 114 Å². The van der Waals surface area contributed by atoms with Crippen molar-refractivity contribution in [3.8, 4) is 6.07 Å². The van der Waals surface area contributed by atoms with Gasteiger partial charge in [-0.3, -0.25) is 4.79 Å². The van der Waals surface area contributed by atoms with Gasteiger partial charge in [0.2, 0.25) is 0 Å². The minimum Gasteiger partial charge on any atom is -0.380 e. The lowest BCUT2D eigenvalue weighted by Crippen LogP contribution is -2.34. The molecule has 0 saturated heterocycles. The van der Waals surface area contributed by atoms with Crippen LogP contribution in [-0.4, -0.2) is 31.0 Å². The van der Waals surface area contributed by atoms with E-state index in [1.165, 1.54) is 0 Å². The molecule has 0 aliphatic carbocycles. The Bertz CT molecular complexity index is 465. The molecule has 0 aliphatic rings. The van der Waals surface area contributed by atoms with Crippen LogP contribution in [0.3, 0.4) is 0 Å². The van der Waals surface area contributed by atoms with Gasteiger partial charge in [-0.15, -0.1) is 0 Å². The topological polar surface area (TPSA) is 53.3 Å². The number of nitriles is 1. The van der Waals surface area contributed by atoms with Crippen molar-refractivity contribution in [3.63, 3.8) is 0 Å². The van der Waals surface area contributed by atoms with Crippen molar-refractivity contribution in [2.45, 2.75) is 20.5 Å². The normalized spacial score (nSPS) is 11.7. The second-order valence-corrected chi connectivity index (χ2v) is 4.46. The molecule has 4 nitrogen and oxygen atoms in total. The van der Waals surface area contributed by atoms with E-state index in [4.69, 9.17) is 10.00 Å². The van der Waals surface area contributed by atoms with Crippen molar-refractivity contribution in [1.82, 2.24) is 4.90 Å². The maximum Gasteiger partial charge on any atom is 0.254 e. The number of amides is 1. The summed E-state index contributed by atoms with van der Waals surface area (Å²) in [6.07, 6.45) is 0. The Morgan fingerprint density at radius 3 is 2.74 bits per heavy atom. The van der Waals surface area contributed by atoms with Gasteiger partial charge in [-0.1, -0.05) is 18.2 Å². The first-order chi connectivity index (χ1) is 9.13. The van der Waals surface area contributed by atoms with E-state index in [2.05, 4.69) is 6.07 Å². The number of benzene rings is 1. The van der Waals surface area contributed by atoms with Crippen molar-refractivity contribution in [3.05, 3.63) is 35.4 Å². The van der Waals surface area contributed by atoms with Crippen LogP contribution in [-0.2, 0) is 11.3 Å². The summed E-state index contributed by atoms with van der Waals surface area (Å²) < 4.78 is 5.11. The SMILES string of the molecule is CCN(C[C@@H](C)C#N)C(=O)c1ccccc1COC. The highest BCUT2D eigenvalue weighted by Crippen LogP contribution is 2.14. The van der Waals surface area contributed by atoms with Crippen LogP contribution >= 0.6 is 0 Å². The van der Waals surface area contributed by atoms with Crippen molar-refractivity contribution in [1.29, 1.82) is 5.26 Å². The third kappa shape index (κ3) is 4.08. The molecule has 0 bridgehead atoms. The fourth-order valence-corrected chi connectivity index (χ4v) is 1.91. The van der Waals surface area contributed by atoms with Crippen molar-refractivity contribution in [2.75, 3.05) is 20.2 Å². The minimum atomic E-state index is -0.168. The van der Waals surface area contributed by atoms with Gasteiger partial charge in [0.25, 0.3) is 5.91 Å². The molecular weight excluding hydrogens is 240 g/mol. The smallest absolute Gasteiger partial charge is 0.254 e. The molecule has 19 heavy (non-hydrogen) atoms. The summed E-state index contributed by atoms with van der Waals surface area (Å²) in [6.45, 7) is 5.19. The Kier molecular flexibility index (Phi) is 6.04. The van der Waals surface area contributed by atoms with Gasteiger partial charge in [-0.2, -0.15) is 5.26 Å². The number of ether oxygens (including phenoxy) is 1. The van der Waals surface area contributed by atoms with Crippen LogP contribution in [0.5, 0.6) is 0 Å². The predicted octanol–water partition coefficient (Wildman–Crippen LogP) is 2.45. The lowest BCUT2D eigenvalue weighted by atomic mass is 10.1. The van der Waals surface area contributed by atoms with E-state index in [0.717, 1.165) is 5.56 Å². The highest BCUT2D eigenvalue weighted by molar-refractivity contribution is 5.95. The summed E-state index contributed by atoms with van der Waals surface area (Å²) in [5.41, 5.74) is 1.52. The highest BCUT2D eigenvalue weighted by Gasteiger charge is 2.18. The zero-order valence-electron chi connectivity index (χ0n) is 11.7. The van der Waals surface area contributed by atoms with Crippen LogP contribution in [0.2, 0.25) is 0 Å². The molecule has 1 atom stereocenters. The molecule has 0 fully saturated rings. The Morgan fingerprint density at radius 1 is 1.47 bits per heavy atom. The van der Waals surface area contributed by atoms with Gasteiger partial charge in [0, 0.05) is 25.8 Å². The molecule has 4 heteroatoms. The van der Waals surface area contributed by atoms with Crippen molar-refractivity contribution >= 4 is 5.91 Å². The molecular formula is C15H20N2O2. The number of carbonyl (C=O) groups excluding carboxylic acids is 1. The van der Waals surface area contributed by atoms with E-state index in [0.29, 0.717) is 25.3 Å². The van der Waals surface area contributed by atoms with Crippen LogP contribution in [0, 0.1) is 17.2 Å². The fraction of sp³-hybridized carbons (Fsp3) is 0.467. The zero-order valence-corrected chi connectivity index (χ0v) is 11.7. The first-order valence-corrected chi connectivity index (χ1v) is 6.39. The number of rotatable bonds is 6. The number of carbonyl (C=O) groups is 1. The highest BCUT2D eigenvalue weighted by atomic mass is 16.5. The largest absolute Gasteiger partial charge is 0.380 e. The van der Waals surface area contributed by atoms with Gasteiger partial charge in [0.05, 0.1) is 18.6 Å². The second kappa shape index (κ2) is 7.55. The summed E-state index contributed by atoms with van der Waals surface area (Å²) in [4.78, 5) is 14.2. The molecule has 0 aromatic heterocycles. The lowest BCUT2D eigenvalue weighted by molar-refractivity contribution is 0.0748. The average molecular weight is 260 g/mol. The van der Waals surface area contributed by atoms with E-state index in [1.807, 2.05) is 32.0 Å². The Hall–Kier alpha value is -1.86. The number of methoxy groups -OCH3 is 1. The molecule has 1 aromatic carbocycles. The molecule has 0 aliphatic heterocycles. The van der Waals surface area contributed by atoms with Crippen LogP contribution in [0.25, 0.3) is 0 Å². The van der Waals surface area contributed by atoms with E-state index in [-0.39, 0.29) is 11.8 Å². The lowest BCUT2D eigenvalue weighted by Gasteiger charge is -2.23. The molecule has 1 amide bonds. The zero-order chi connectivity index (χ0) is 14.3. The minimum absolute atomic E-state index is 0.0442. The molecule has 0 radical (unpaired) electrons. The molecule has 1 aromatic rings. The van der Waals surface area contributed by atoms with Crippen LogP contribution in [0.15, 0.2) is 24.3 Å². The van der Waals surface area contributed by atoms with E-state index in [9.17, 15) is 4.79 Å². The second-order valence-electron chi connectivity index (χ2n) is 4.46. The molecule has 0 saturated carbocycles. The molecule has 0 unspecified atom stereocenters.